The number of rotatable bonds is 4. The highest BCUT2D eigenvalue weighted by molar-refractivity contribution is 7.13. The lowest BCUT2D eigenvalue weighted by Gasteiger charge is -2.03. The van der Waals surface area contributed by atoms with Gasteiger partial charge in [-0.2, -0.15) is 0 Å². The van der Waals surface area contributed by atoms with Crippen LogP contribution in [0.2, 0.25) is 0 Å². The second-order valence-corrected chi connectivity index (χ2v) is 4.40. The summed E-state index contributed by atoms with van der Waals surface area (Å²) in [5, 5.41) is 24.5. The van der Waals surface area contributed by atoms with Crippen LogP contribution in [0, 0.1) is 17.0 Å². The van der Waals surface area contributed by atoms with Gasteiger partial charge in [-0.05, 0) is 13.0 Å². The number of anilines is 2. The van der Waals surface area contributed by atoms with E-state index in [4.69, 9.17) is 5.11 Å². The summed E-state index contributed by atoms with van der Waals surface area (Å²) in [6.45, 7) is 1.77. The van der Waals surface area contributed by atoms with Crippen LogP contribution in [0.15, 0.2) is 17.5 Å². The first kappa shape index (κ1) is 12.9. The van der Waals surface area contributed by atoms with Crippen LogP contribution in [0.25, 0.3) is 0 Å². The van der Waals surface area contributed by atoms with Crippen molar-refractivity contribution in [2.45, 2.75) is 6.92 Å². The first-order chi connectivity index (χ1) is 8.97. The Morgan fingerprint density at radius 1 is 1.47 bits per heavy atom. The van der Waals surface area contributed by atoms with E-state index >= 15 is 0 Å². The molecule has 98 valence electrons. The number of nitro groups is 1. The van der Waals surface area contributed by atoms with Crippen molar-refractivity contribution in [1.82, 2.24) is 9.97 Å². The average molecular weight is 280 g/mol. The van der Waals surface area contributed by atoms with Gasteiger partial charge in [0.1, 0.15) is 0 Å². The Balaban J connectivity index is 2.42. The lowest BCUT2D eigenvalue weighted by Crippen LogP contribution is -2.05. The van der Waals surface area contributed by atoms with Crippen LogP contribution in [0.5, 0.6) is 0 Å². The highest BCUT2D eigenvalue weighted by Crippen LogP contribution is 2.27. The maximum absolute atomic E-state index is 10.9. The highest BCUT2D eigenvalue weighted by atomic mass is 32.1. The van der Waals surface area contributed by atoms with Gasteiger partial charge in [-0.3, -0.25) is 10.1 Å². The minimum Gasteiger partial charge on any atom is -0.477 e. The van der Waals surface area contributed by atoms with E-state index in [-0.39, 0.29) is 17.2 Å². The molecule has 0 radical (unpaired) electrons. The summed E-state index contributed by atoms with van der Waals surface area (Å²) >= 11 is 1.25. The minimum absolute atomic E-state index is 0.140. The topological polar surface area (TPSA) is 118 Å². The Morgan fingerprint density at radius 2 is 2.21 bits per heavy atom. The van der Waals surface area contributed by atoms with Crippen molar-refractivity contribution in [3.05, 3.63) is 39.0 Å². The molecule has 0 aliphatic heterocycles. The van der Waals surface area contributed by atoms with Crippen LogP contribution in [0.3, 0.4) is 0 Å². The van der Waals surface area contributed by atoms with E-state index in [0.717, 1.165) is 17.8 Å². The molecule has 0 spiro atoms. The van der Waals surface area contributed by atoms with E-state index in [2.05, 4.69) is 15.3 Å². The maximum Gasteiger partial charge on any atom is 0.354 e. The van der Waals surface area contributed by atoms with Gasteiger partial charge in [0.25, 0.3) is 0 Å². The normalized spacial score (nSPS) is 10.2. The van der Waals surface area contributed by atoms with Crippen molar-refractivity contribution >= 4 is 33.9 Å². The van der Waals surface area contributed by atoms with Crippen LogP contribution in [-0.4, -0.2) is 26.0 Å². The van der Waals surface area contributed by atoms with Gasteiger partial charge in [0.15, 0.2) is 10.8 Å². The number of hydrogen-bond donors (Lipinski definition) is 2. The molecule has 2 heterocycles. The lowest BCUT2D eigenvalue weighted by atomic mass is 10.3. The molecule has 0 unspecified atom stereocenters. The zero-order valence-electron chi connectivity index (χ0n) is 9.65. The van der Waals surface area contributed by atoms with Crippen molar-refractivity contribution in [3.8, 4) is 0 Å². The molecular formula is C10H8N4O4S. The van der Waals surface area contributed by atoms with Crippen LogP contribution >= 0.6 is 11.3 Å². The van der Waals surface area contributed by atoms with E-state index < -0.39 is 10.9 Å². The summed E-state index contributed by atoms with van der Waals surface area (Å²) in [6, 6.07) is 2.18. The third-order valence-electron chi connectivity index (χ3n) is 2.13. The van der Waals surface area contributed by atoms with Crippen LogP contribution in [0.4, 0.5) is 16.6 Å². The molecule has 0 amide bonds. The van der Waals surface area contributed by atoms with Crippen molar-refractivity contribution < 1.29 is 14.8 Å². The largest absolute Gasteiger partial charge is 0.477 e. The SMILES string of the molecule is Cc1csc(Nc2nc(C(=O)O)ccc2[N+](=O)[O-])n1. The zero-order chi connectivity index (χ0) is 14.0. The number of carbonyl (C=O) groups is 1. The molecule has 0 atom stereocenters. The van der Waals surface area contributed by atoms with Gasteiger partial charge in [-0.25, -0.2) is 14.8 Å². The van der Waals surface area contributed by atoms with Crippen LogP contribution in [0.1, 0.15) is 16.2 Å². The van der Waals surface area contributed by atoms with E-state index in [1.54, 1.807) is 12.3 Å². The maximum atomic E-state index is 10.9. The lowest BCUT2D eigenvalue weighted by molar-refractivity contribution is -0.384. The van der Waals surface area contributed by atoms with Gasteiger partial charge in [0, 0.05) is 11.4 Å². The van der Waals surface area contributed by atoms with Crippen molar-refractivity contribution in [2.75, 3.05) is 5.32 Å². The molecule has 19 heavy (non-hydrogen) atoms. The quantitative estimate of drug-likeness (QED) is 0.650. The number of pyridine rings is 1. The second-order valence-electron chi connectivity index (χ2n) is 3.55. The summed E-state index contributed by atoms with van der Waals surface area (Å²) in [5.74, 6) is -1.40. The molecule has 2 rings (SSSR count). The number of nitrogens with one attached hydrogen (secondary N) is 1. The number of carboxylic acids is 1. The third-order valence-corrected chi connectivity index (χ3v) is 3.01. The van der Waals surface area contributed by atoms with Gasteiger partial charge in [0.2, 0.25) is 5.82 Å². The molecular weight excluding hydrogens is 272 g/mol. The van der Waals surface area contributed by atoms with E-state index in [9.17, 15) is 14.9 Å². The molecule has 0 fully saturated rings. The molecule has 2 aromatic rings. The first-order valence-corrected chi connectivity index (χ1v) is 5.93. The molecule has 0 bridgehead atoms. The predicted octanol–water partition coefficient (Wildman–Crippen LogP) is 2.20. The highest BCUT2D eigenvalue weighted by Gasteiger charge is 2.19. The second kappa shape index (κ2) is 4.98. The number of aromatic nitrogens is 2. The molecule has 0 aromatic carbocycles. The van der Waals surface area contributed by atoms with Crippen LogP contribution < -0.4 is 5.32 Å². The number of carboxylic acid groups (broad SMARTS) is 1. The number of aryl methyl sites for hydroxylation is 1. The Morgan fingerprint density at radius 3 is 2.74 bits per heavy atom. The number of aromatic carboxylic acids is 1. The molecule has 0 aliphatic carbocycles. The van der Waals surface area contributed by atoms with Gasteiger partial charge in [0.05, 0.1) is 10.6 Å². The molecule has 8 nitrogen and oxygen atoms in total. The van der Waals surface area contributed by atoms with Gasteiger partial charge in [-0.1, -0.05) is 0 Å². The van der Waals surface area contributed by atoms with Crippen molar-refractivity contribution in [1.29, 1.82) is 0 Å². The molecule has 2 aromatic heterocycles. The summed E-state index contributed by atoms with van der Waals surface area (Å²) in [4.78, 5) is 28.8. The first-order valence-electron chi connectivity index (χ1n) is 5.05. The fourth-order valence-electron chi connectivity index (χ4n) is 1.32. The molecule has 0 saturated carbocycles. The number of nitrogens with zero attached hydrogens (tertiary/aromatic N) is 3. The molecule has 2 N–H and O–H groups in total. The van der Waals surface area contributed by atoms with Gasteiger partial charge in [-0.15, -0.1) is 11.3 Å². The van der Waals surface area contributed by atoms with Crippen LogP contribution in [-0.2, 0) is 0 Å². The van der Waals surface area contributed by atoms with Gasteiger partial charge < -0.3 is 10.4 Å². The fourth-order valence-corrected chi connectivity index (χ4v) is 2.01. The molecule has 9 heteroatoms. The third kappa shape index (κ3) is 2.83. The van der Waals surface area contributed by atoms with E-state index in [1.165, 1.54) is 11.3 Å². The Labute approximate surface area is 110 Å². The number of hydrogen-bond acceptors (Lipinski definition) is 7. The van der Waals surface area contributed by atoms with E-state index in [1.807, 2.05) is 0 Å². The average Bonchev–Trinajstić information content (AvgIpc) is 2.74. The Bertz CT molecular complexity index is 655. The molecule has 0 saturated heterocycles. The monoisotopic (exact) mass is 280 g/mol. The minimum atomic E-state index is -1.26. The summed E-state index contributed by atoms with van der Waals surface area (Å²) in [6.07, 6.45) is 0. The zero-order valence-corrected chi connectivity index (χ0v) is 10.5. The summed E-state index contributed by atoms with van der Waals surface area (Å²) < 4.78 is 0. The van der Waals surface area contributed by atoms with Gasteiger partial charge >= 0.3 is 11.7 Å². The smallest absolute Gasteiger partial charge is 0.354 e. The summed E-state index contributed by atoms with van der Waals surface area (Å²) in [5.41, 5.74) is 0.170. The Hall–Kier alpha value is -2.55. The summed E-state index contributed by atoms with van der Waals surface area (Å²) in [7, 11) is 0. The Kier molecular flexibility index (Phi) is 3.38. The molecule has 0 aliphatic rings. The van der Waals surface area contributed by atoms with Crippen molar-refractivity contribution in [3.63, 3.8) is 0 Å². The standard InChI is InChI=1S/C10H8N4O4S/c1-5-4-19-10(11-5)13-8-7(14(17)18)3-2-6(12-8)9(15)16/h2-4H,1H3,(H,15,16)(H,11,12,13). The predicted molar refractivity (Wildman–Crippen MR) is 68.0 cm³/mol. The van der Waals surface area contributed by atoms with Crippen molar-refractivity contribution in [2.24, 2.45) is 0 Å². The fraction of sp³-hybridized carbons (Fsp3) is 0.100. The van der Waals surface area contributed by atoms with E-state index in [0.29, 0.717) is 5.13 Å². The number of thiazole rings is 1.